The van der Waals surface area contributed by atoms with Crippen molar-refractivity contribution in [1.29, 1.82) is 0 Å². The first kappa shape index (κ1) is 9.78. The van der Waals surface area contributed by atoms with Gasteiger partial charge in [0.15, 0.2) is 0 Å². The normalized spacial score (nSPS) is 14.6. The molecule has 2 rings (SSSR count). The minimum absolute atomic E-state index is 0.0810. The first-order chi connectivity index (χ1) is 9.97. The molecule has 0 aliphatic rings. The third kappa shape index (κ3) is 3.02. The van der Waals surface area contributed by atoms with Crippen molar-refractivity contribution in [3.05, 3.63) is 35.4 Å². The van der Waals surface area contributed by atoms with Crippen LogP contribution in [0.2, 0.25) is 0 Å². The van der Waals surface area contributed by atoms with E-state index in [1.54, 1.807) is 6.07 Å². The second-order valence-electron chi connectivity index (χ2n) is 5.47. The SMILES string of the molecule is [2H]C([2H])([2H])c1cc2cc(C(=O)O)ccc2nc1NC(C)(C)C. The molecule has 2 N–H and O–H groups in total. The average Bonchev–Trinajstić information content (AvgIpc) is 2.34. The molecule has 19 heavy (non-hydrogen) atoms. The maximum Gasteiger partial charge on any atom is 0.335 e. The standard InChI is InChI=1S/C15H18N2O2/c1-9-7-11-8-10(14(18)19)5-6-12(11)16-13(9)17-15(2,3)4/h5-8H,1-4H3,(H,16,17)(H,18,19)/i1D3. The Morgan fingerprint density at radius 1 is 1.37 bits per heavy atom. The molecule has 0 saturated carbocycles. The molecule has 0 radical (unpaired) electrons. The molecule has 2 aromatic rings. The molecule has 0 aliphatic carbocycles. The van der Waals surface area contributed by atoms with Gasteiger partial charge in [0.05, 0.1) is 11.1 Å². The summed E-state index contributed by atoms with van der Waals surface area (Å²) in [5, 5.41) is 12.6. The summed E-state index contributed by atoms with van der Waals surface area (Å²) in [5.74, 6) is -0.766. The molecule has 1 aromatic heterocycles. The molecule has 4 nitrogen and oxygen atoms in total. The number of nitrogens with one attached hydrogen (secondary N) is 1. The Morgan fingerprint density at radius 2 is 2.11 bits per heavy atom. The number of carbonyl (C=O) groups is 1. The van der Waals surface area contributed by atoms with Crippen LogP contribution in [0.1, 0.15) is 40.8 Å². The molecule has 0 unspecified atom stereocenters. The second kappa shape index (κ2) is 4.53. The number of hydrogen-bond acceptors (Lipinski definition) is 3. The third-order valence-electron chi connectivity index (χ3n) is 2.56. The number of fused-ring (bicyclic) bond motifs is 1. The van der Waals surface area contributed by atoms with E-state index in [-0.39, 0.29) is 16.7 Å². The van der Waals surface area contributed by atoms with Crippen LogP contribution in [0.25, 0.3) is 10.9 Å². The molecule has 4 heteroatoms. The average molecular weight is 261 g/mol. The van der Waals surface area contributed by atoms with Crippen LogP contribution in [0, 0.1) is 6.85 Å². The summed E-state index contributed by atoms with van der Waals surface area (Å²) in [5.41, 5.74) is 0.381. The minimum atomic E-state index is -2.34. The highest BCUT2D eigenvalue weighted by Crippen LogP contribution is 2.23. The van der Waals surface area contributed by atoms with Crippen molar-refractivity contribution in [1.82, 2.24) is 4.98 Å². The van der Waals surface area contributed by atoms with Gasteiger partial charge in [-0.3, -0.25) is 0 Å². The molecule has 0 spiro atoms. The lowest BCUT2D eigenvalue weighted by molar-refractivity contribution is 0.0697. The van der Waals surface area contributed by atoms with Crippen molar-refractivity contribution in [2.24, 2.45) is 0 Å². The highest BCUT2D eigenvalue weighted by Gasteiger charge is 2.13. The van der Waals surface area contributed by atoms with Crippen LogP contribution in [-0.2, 0) is 0 Å². The summed E-state index contributed by atoms with van der Waals surface area (Å²) in [6, 6.07) is 5.94. The number of carboxylic acid groups (broad SMARTS) is 1. The third-order valence-corrected chi connectivity index (χ3v) is 2.56. The molecule has 0 amide bonds. The lowest BCUT2D eigenvalue weighted by Crippen LogP contribution is -2.27. The van der Waals surface area contributed by atoms with Crippen molar-refractivity contribution in [2.45, 2.75) is 33.2 Å². The predicted octanol–water partition coefficient (Wildman–Crippen LogP) is 3.45. The quantitative estimate of drug-likeness (QED) is 0.869. The first-order valence-electron chi connectivity index (χ1n) is 7.44. The van der Waals surface area contributed by atoms with E-state index < -0.39 is 12.8 Å². The van der Waals surface area contributed by atoms with Crippen LogP contribution < -0.4 is 5.32 Å². The van der Waals surface area contributed by atoms with Crippen LogP contribution in [0.15, 0.2) is 24.3 Å². The maximum atomic E-state index is 11.0. The summed E-state index contributed by atoms with van der Waals surface area (Å²) in [7, 11) is 0. The summed E-state index contributed by atoms with van der Waals surface area (Å²) in [6.07, 6.45) is 0. The molecule has 0 aliphatic heterocycles. The monoisotopic (exact) mass is 261 g/mol. The number of pyridine rings is 1. The van der Waals surface area contributed by atoms with E-state index in [0.717, 1.165) is 0 Å². The molecule has 0 saturated heterocycles. The number of rotatable bonds is 2. The number of aromatic carboxylic acids is 1. The molecule has 0 fully saturated rings. The largest absolute Gasteiger partial charge is 0.478 e. The van der Waals surface area contributed by atoms with Gasteiger partial charge in [-0.05, 0) is 57.5 Å². The van der Waals surface area contributed by atoms with E-state index in [4.69, 9.17) is 9.22 Å². The Kier molecular flexibility index (Phi) is 2.33. The Labute approximate surface area is 116 Å². The number of aromatic nitrogens is 1. The summed E-state index contributed by atoms with van der Waals surface area (Å²) >= 11 is 0. The van der Waals surface area contributed by atoms with Gasteiger partial charge in [-0.25, -0.2) is 9.78 Å². The lowest BCUT2D eigenvalue weighted by atomic mass is 10.1. The fraction of sp³-hybridized carbons (Fsp3) is 0.333. The van der Waals surface area contributed by atoms with Crippen LogP contribution in [0.3, 0.4) is 0 Å². The zero-order chi connectivity index (χ0) is 16.7. The molecule has 1 aromatic carbocycles. The lowest BCUT2D eigenvalue weighted by Gasteiger charge is -2.22. The van der Waals surface area contributed by atoms with Crippen molar-refractivity contribution in [3.8, 4) is 0 Å². The number of hydrogen-bond donors (Lipinski definition) is 2. The molecular weight excluding hydrogens is 240 g/mol. The van der Waals surface area contributed by atoms with Gasteiger partial charge in [-0.2, -0.15) is 0 Å². The number of benzene rings is 1. The first-order valence-corrected chi connectivity index (χ1v) is 5.94. The fourth-order valence-electron chi connectivity index (χ4n) is 1.76. The molecule has 100 valence electrons. The fourth-order valence-corrected chi connectivity index (χ4v) is 1.76. The van der Waals surface area contributed by atoms with Crippen molar-refractivity contribution in [2.75, 3.05) is 5.32 Å². The minimum Gasteiger partial charge on any atom is -0.478 e. The Balaban J connectivity index is 2.68. The van der Waals surface area contributed by atoms with E-state index in [2.05, 4.69) is 10.3 Å². The van der Waals surface area contributed by atoms with Crippen molar-refractivity contribution >= 4 is 22.7 Å². The van der Waals surface area contributed by atoms with Gasteiger partial charge < -0.3 is 10.4 Å². The Bertz CT molecular complexity index is 734. The smallest absolute Gasteiger partial charge is 0.335 e. The number of nitrogens with zero attached hydrogens (tertiary/aromatic N) is 1. The zero-order valence-electron chi connectivity index (χ0n) is 14.1. The highest BCUT2D eigenvalue weighted by atomic mass is 16.4. The maximum absolute atomic E-state index is 11.0. The second-order valence-corrected chi connectivity index (χ2v) is 5.47. The van der Waals surface area contributed by atoms with E-state index in [9.17, 15) is 4.79 Å². The van der Waals surface area contributed by atoms with Gasteiger partial charge >= 0.3 is 5.97 Å². The molecule has 0 bridgehead atoms. The topological polar surface area (TPSA) is 62.2 Å². The van der Waals surface area contributed by atoms with E-state index in [1.165, 1.54) is 18.2 Å². The van der Waals surface area contributed by atoms with E-state index in [0.29, 0.717) is 16.7 Å². The molecule has 1 heterocycles. The Hall–Kier alpha value is -2.10. The van der Waals surface area contributed by atoms with Gasteiger partial charge in [-0.15, -0.1) is 0 Å². The van der Waals surface area contributed by atoms with Crippen LogP contribution in [-0.4, -0.2) is 21.6 Å². The summed E-state index contributed by atoms with van der Waals surface area (Å²) in [4.78, 5) is 15.4. The highest BCUT2D eigenvalue weighted by molar-refractivity contribution is 5.93. The van der Waals surface area contributed by atoms with Crippen LogP contribution in [0.5, 0.6) is 0 Å². The van der Waals surface area contributed by atoms with Crippen LogP contribution in [0.4, 0.5) is 5.82 Å². The van der Waals surface area contributed by atoms with Gasteiger partial charge in [0.1, 0.15) is 5.82 Å². The van der Waals surface area contributed by atoms with Crippen molar-refractivity contribution in [3.63, 3.8) is 0 Å². The van der Waals surface area contributed by atoms with E-state index in [1.807, 2.05) is 20.8 Å². The number of carboxylic acids is 1. The predicted molar refractivity (Wildman–Crippen MR) is 76.8 cm³/mol. The van der Waals surface area contributed by atoms with Crippen LogP contribution >= 0.6 is 0 Å². The summed E-state index contributed by atoms with van der Waals surface area (Å²) in [6.45, 7) is 3.40. The zero-order valence-corrected chi connectivity index (χ0v) is 11.1. The van der Waals surface area contributed by atoms with E-state index >= 15 is 0 Å². The van der Waals surface area contributed by atoms with Crippen molar-refractivity contribution < 1.29 is 14.0 Å². The van der Waals surface area contributed by atoms with Gasteiger partial charge in [-0.1, -0.05) is 0 Å². The van der Waals surface area contributed by atoms with Gasteiger partial charge in [0.2, 0.25) is 0 Å². The molecule has 0 atom stereocenters. The molecular formula is C15H18N2O2. The van der Waals surface area contributed by atoms with Gasteiger partial charge in [0, 0.05) is 15.0 Å². The number of anilines is 1. The summed E-state index contributed by atoms with van der Waals surface area (Å²) < 4.78 is 23.0. The van der Waals surface area contributed by atoms with Gasteiger partial charge in [0.25, 0.3) is 0 Å². The number of aryl methyl sites for hydroxylation is 1. The Morgan fingerprint density at radius 3 is 2.68 bits per heavy atom.